The molecule has 0 saturated carbocycles. The first-order valence-electron chi connectivity index (χ1n) is 6.72. The van der Waals surface area contributed by atoms with Crippen LogP contribution >= 0.6 is 0 Å². The minimum atomic E-state index is -0.511. The van der Waals surface area contributed by atoms with Gasteiger partial charge in [0.15, 0.2) is 0 Å². The van der Waals surface area contributed by atoms with Crippen LogP contribution in [0.15, 0.2) is 18.2 Å². The molecule has 1 aromatic rings. The minimum Gasteiger partial charge on any atom is -0.492 e. The normalized spacial score (nSPS) is 21.8. The third-order valence-corrected chi connectivity index (χ3v) is 3.16. The average Bonchev–Trinajstić information content (AvgIpc) is 2.91. The van der Waals surface area contributed by atoms with E-state index in [0.29, 0.717) is 31.0 Å². The maximum Gasteiger partial charge on any atom is 0.253 e. The van der Waals surface area contributed by atoms with E-state index in [0.717, 1.165) is 6.42 Å². The van der Waals surface area contributed by atoms with Crippen molar-refractivity contribution >= 4 is 11.6 Å². The first kappa shape index (κ1) is 14.7. The number of nitrogens with one attached hydrogen (secondary N) is 1. The average molecular weight is 282 g/mol. The molecule has 0 radical (unpaired) electrons. The van der Waals surface area contributed by atoms with Gasteiger partial charge in [-0.15, -0.1) is 0 Å². The highest BCUT2D eigenvalue weighted by molar-refractivity contribution is 5.95. The Hall–Kier alpha value is -1.66. The van der Waals surface area contributed by atoms with Gasteiger partial charge < -0.3 is 20.5 Å². The number of benzene rings is 1. The molecule has 1 aliphatic rings. The van der Waals surface area contributed by atoms with Crippen LogP contribution in [0.3, 0.4) is 0 Å². The molecule has 0 bridgehead atoms. The van der Waals surface area contributed by atoms with Gasteiger partial charge >= 0.3 is 0 Å². The van der Waals surface area contributed by atoms with E-state index in [-0.39, 0.29) is 12.0 Å². The summed E-state index contributed by atoms with van der Waals surface area (Å²) in [5, 5.41) is 2.71. The second-order valence-electron chi connectivity index (χ2n) is 4.62. The molecule has 1 amide bonds. The lowest BCUT2D eigenvalue weighted by molar-refractivity contribution is -0.126. The molecule has 0 aliphatic carbocycles. The molecule has 0 aromatic heterocycles. The van der Waals surface area contributed by atoms with Crippen LogP contribution in [0.1, 0.15) is 19.8 Å². The number of rotatable bonds is 5. The second kappa shape index (κ2) is 6.67. The van der Waals surface area contributed by atoms with Gasteiger partial charge in [0.25, 0.3) is 5.91 Å². The topological polar surface area (TPSA) is 73.6 Å². The van der Waals surface area contributed by atoms with Gasteiger partial charge in [-0.25, -0.2) is 4.39 Å². The van der Waals surface area contributed by atoms with E-state index in [9.17, 15) is 9.18 Å². The van der Waals surface area contributed by atoms with E-state index in [2.05, 4.69) is 5.32 Å². The maximum atomic E-state index is 13.2. The minimum absolute atomic E-state index is 0.0645. The number of nitrogens with two attached hydrogens (primary N) is 1. The molecule has 5 nitrogen and oxygen atoms in total. The van der Waals surface area contributed by atoms with Crippen molar-refractivity contribution in [3.05, 3.63) is 24.0 Å². The Kier molecular flexibility index (Phi) is 4.92. The fourth-order valence-corrected chi connectivity index (χ4v) is 2.16. The molecule has 1 aromatic carbocycles. The molecular weight excluding hydrogens is 263 g/mol. The molecule has 2 unspecified atom stereocenters. The standard InChI is InChI=1S/C14H19FN2O3/c1-2-19-13-7-9(15)3-5-11(13)17-14(18)12-6-4-10(8-16)20-12/h3,5,7,10,12H,2,4,6,8,16H2,1H3,(H,17,18). The largest absolute Gasteiger partial charge is 0.492 e. The molecule has 1 saturated heterocycles. The summed E-state index contributed by atoms with van der Waals surface area (Å²) in [6, 6.07) is 4.00. The smallest absolute Gasteiger partial charge is 0.253 e. The number of carbonyl (C=O) groups excluding carboxylic acids is 1. The fraction of sp³-hybridized carbons (Fsp3) is 0.500. The highest BCUT2D eigenvalue weighted by atomic mass is 19.1. The Morgan fingerprint density at radius 1 is 1.55 bits per heavy atom. The van der Waals surface area contributed by atoms with E-state index in [1.165, 1.54) is 18.2 Å². The van der Waals surface area contributed by atoms with Crippen molar-refractivity contribution in [1.29, 1.82) is 0 Å². The second-order valence-corrected chi connectivity index (χ2v) is 4.62. The SMILES string of the molecule is CCOc1cc(F)ccc1NC(=O)C1CCC(CN)O1. The molecule has 0 spiro atoms. The Morgan fingerprint density at radius 3 is 3.00 bits per heavy atom. The maximum absolute atomic E-state index is 13.2. The van der Waals surface area contributed by atoms with E-state index in [4.69, 9.17) is 15.2 Å². The van der Waals surface area contributed by atoms with Crippen LogP contribution < -0.4 is 15.8 Å². The summed E-state index contributed by atoms with van der Waals surface area (Å²) in [5.41, 5.74) is 5.95. The summed E-state index contributed by atoms with van der Waals surface area (Å²) in [5.74, 6) is -0.352. The van der Waals surface area contributed by atoms with Crippen molar-refractivity contribution < 1.29 is 18.7 Å². The lowest BCUT2D eigenvalue weighted by atomic mass is 10.2. The van der Waals surface area contributed by atoms with E-state index >= 15 is 0 Å². The molecule has 110 valence electrons. The molecule has 20 heavy (non-hydrogen) atoms. The van der Waals surface area contributed by atoms with Crippen LogP contribution in [0, 0.1) is 5.82 Å². The predicted molar refractivity (Wildman–Crippen MR) is 73.1 cm³/mol. The summed E-state index contributed by atoms with van der Waals surface area (Å²) in [6.07, 6.45) is 0.836. The van der Waals surface area contributed by atoms with Crippen LogP contribution in [0.4, 0.5) is 10.1 Å². The third-order valence-electron chi connectivity index (χ3n) is 3.16. The summed E-state index contributed by atoms with van der Waals surface area (Å²) < 4.78 is 24.0. The Balaban J connectivity index is 2.04. The summed E-state index contributed by atoms with van der Waals surface area (Å²) in [7, 11) is 0. The van der Waals surface area contributed by atoms with Crippen molar-refractivity contribution in [3.8, 4) is 5.75 Å². The number of halogens is 1. The molecular formula is C14H19FN2O3. The zero-order chi connectivity index (χ0) is 14.5. The zero-order valence-electron chi connectivity index (χ0n) is 11.4. The molecule has 1 heterocycles. The summed E-state index contributed by atoms with van der Waals surface area (Å²) in [4.78, 5) is 12.1. The van der Waals surface area contributed by atoms with E-state index in [1.54, 1.807) is 6.92 Å². The zero-order valence-corrected chi connectivity index (χ0v) is 11.4. The third kappa shape index (κ3) is 3.46. The monoisotopic (exact) mass is 282 g/mol. The summed E-state index contributed by atoms with van der Waals surface area (Å²) >= 11 is 0. The predicted octanol–water partition coefficient (Wildman–Crippen LogP) is 1.67. The van der Waals surface area contributed by atoms with E-state index < -0.39 is 11.9 Å². The number of anilines is 1. The highest BCUT2D eigenvalue weighted by Crippen LogP contribution is 2.27. The Bertz CT molecular complexity index is 481. The fourth-order valence-electron chi connectivity index (χ4n) is 2.16. The van der Waals surface area contributed by atoms with Gasteiger partial charge in [-0.05, 0) is 31.9 Å². The molecule has 2 atom stereocenters. The van der Waals surface area contributed by atoms with Crippen LogP contribution in [0.2, 0.25) is 0 Å². The van der Waals surface area contributed by atoms with Crippen LogP contribution in [0.5, 0.6) is 5.75 Å². The van der Waals surface area contributed by atoms with Crippen molar-refractivity contribution in [2.45, 2.75) is 32.0 Å². The van der Waals surface area contributed by atoms with Crippen molar-refractivity contribution in [2.75, 3.05) is 18.5 Å². The van der Waals surface area contributed by atoms with Gasteiger partial charge in [0, 0.05) is 12.6 Å². The van der Waals surface area contributed by atoms with E-state index in [1.807, 2.05) is 0 Å². The molecule has 1 aliphatic heterocycles. The van der Waals surface area contributed by atoms with Crippen molar-refractivity contribution in [3.63, 3.8) is 0 Å². The summed E-state index contributed by atoms with van der Waals surface area (Å²) in [6.45, 7) is 2.59. The number of ether oxygens (including phenoxy) is 2. The van der Waals surface area contributed by atoms with Crippen LogP contribution in [-0.4, -0.2) is 31.3 Å². The highest BCUT2D eigenvalue weighted by Gasteiger charge is 2.30. The molecule has 1 fully saturated rings. The molecule has 3 N–H and O–H groups in total. The lowest BCUT2D eigenvalue weighted by Crippen LogP contribution is -2.30. The van der Waals surface area contributed by atoms with Gasteiger partial charge in [0.05, 0.1) is 18.4 Å². The van der Waals surface area contributed by atoms with Crippen molar-refractivity contribution in [2.24, 2.45) is 5.73 Å². The first-order chi connectivity index (χ1) is 9.63. The van der Waals surface area contributed by atoms with Crippen molar-refractivity contribution in [1.82, 2.24) is 0 Å². The van der Waals surface area contributed by atoms with Gasteiger partial charge in [0.1, 0.15) is 17.7 Å². The number of amides is 1. The lowest BCUT2D eigenvalue weighted by Gasteiger charge is -2.15. The Labute approximate surface area is 117 Å². The molecule has 6 heteroatoms. The van der Waals surface area contributed by atoms with Crippen LogP contribution in [-0.2, 0) is 9.53 Å². The Morgan fingerprint density at radius 2 is 2.35 bits per heavy atom. The number of carbonyl (C=O) groups is 1. The van der Waals surface area contributed by atoms with Gasteiger partial charge in [-0.2, -0.15) is 0 Å². The number of hydrogen-bond donors (Lipinski definition) is 2. The quantitative estimate of drug-likeness (QED) is 0.861. The first-order valence-corrected chi connectivity index (χ1v) is 6.72. The molecule has 2 rings (SSSR count). The van der Waals surface area contributed by atoms with Crippen LogP contribution in [0.25, 0.3) is 0 Å². The van der Waals surface area contributed by atoms with Gasteiger partial charge in [-0.3, -0.25) is 4.79 Å². The number of hydrogen-bond acceptors (Lipinski definition) is 4. The van der Waals surface area contributed by atoms with Gasteiger partial charge in [-0.1, -0.05) is 0 Å². The van der Waals surface area contributed by atoms with Gasteiger partial charge in [0.2, 0.25) is 0 Å².